The van der Waals surface area contributed by atoms with Crippen LogP contribution in [-0.4, -0.2) is 24.7 Å². The van der Waals surface area contributed by atoms with Crippen molar-refractivity contribution in [3.63, 3.8) is 0 Å². The van der Waals surface area contributed by atoms with Gasteiger partial charge in [-0.25, -0.2) is 4.98 Å². The summed E-state index contributed by atoms with van der Waals surface area (Å²) in [5.41, 5.74) is 3.39. The Balaban J connectivity index is 1.76. The Hall–Kier alpha value is -1.39. The van der Waals surface area contributed by atoms with Crippen LogP contribution < -0.4 is 5.32 Å². The minimum absolute atomic E-state index is 0.424. The Labute approximate surface area is 124 Å². The average molecular weight is 288 g/mol. The molecule has 1 N–H and O–H groups in total. The first-order valence-corrected chi connectivity index (χ1v) is 7.92. The molecule has 1 unspecified atom stereocenters. The molecule has 1 fully saturated rings. The molecule has 0 radical (unpaired) electrons. The molecule has 0 spiro atoms. The molecule has 0 aliphatic heterocycles. The number of nitrogens with one attached hydrogen (secondary N) is 1. The van der Waals surface area contributed by atoms with Gasteiger partial charge in [0.05, 0.1) is 23.4 Å². The number of hydrogen-bond acceptors (Lipinski definition) is 4. The summed E-state index contributed by atoms with van der Waals surface area (Å²) in [7, 11) is 1.77. The predicted molar refractivity (Wildman–Crippen MR) is 84.3 cm³/mol. The zero-order chi connectivity index (χ0) is 13.9. The highest BCUT2D eigenvalue weighted by Gasteiger charge is 2.31. The highest BCUT2D eigenvalue weighted by molar-refractivity contribution is 7.09. The van der Waals surface area contributed by atoms with Gasteiger partial charge < -0.3 is 10.1 Å². The van der Waals surface area contributed by atoms with E-state index in [-0.39, 0.29) is 0 Å². The van der Waals surface area contributed by atoms with Crippen molar-refractivity contribution in [2.45, 2.75) is 25.8 Å². The molecule has 4 heteroatoms. The van der Waals surface area contributed by atoms with Crippen LogP contribution in [0.5, 0.6) is 0 Å². The van der Waals surface area contributed by atoms with Gasteiger partial charge in [0, 0.05) is 23.7 Å². The third-order valence-electron chi connectivity index (χ3n) is 3.67. The summed E-state index contributed by atoms with van der Waals surface area (Å²) in [4.78, 5) is 4.55. The molecule has 106 valence electrons. The van der Waals surface area contributed by atoms with E-state index in [1.54, 1.807) is 18.4 Å². The number of ether oxygens (including phenoxy) is 1. The first-order chi connectivity index (χ1) is 9.76. The van der Waals surface area contributed by atoms with Crippen molar-refractivity contribution in [1.82, 2.24) is 4.98 Å². The van der Waals surface area contributed by atoms with Gasteiger partial charge in [-0.05, 0) is 37.8 Å². The molecule has 1 saturated carbocycles. The van der Waals surface area contributed by atoms with Crippen molar-refractivity contribution in [1.29, 1.82) is 0 Å². The lowest BCUT2D eigenvalue weighted by molar-refractivity contribution is 0.179. The van der Waals surface area contributed by atoms with Crippen LogP contribution in [-0.2, 0) is 4.74 Å². The minimum atomic E-state index is 0.424. The maximum absolute atomic E-state index is 5.32. The number of nitrogens with zero attached hydrogens (tertiary/aromatic N) is 1. The SMILES string of the molecule is COCC(Nc1cccc(-c2csc(C)n2)c1)C1CC1. The first-order valence-electron chi connectivity index (χ1n) is 7.04. The molecule has 20 heavy (non-hydrogen) atoms. The maximum Gasteiger partial charge on any atom is 0.0901 e. The second-order valence-corrected chi connectivity index (χ2v) is 6.44. The molecule has 1 atom stereocenters. The number of anilines is 1. The van der Waals surface area contributed by atoms with Crippen molar-refractivity contribution in [3.05, 3.63) is 34.7 Å². The molecule has 1 aromatic carbocycles. The Morgan fingerprint density at radius 2 is 2.30 bits per heavy atom. The number of hydrogen-bond donors (Lipinski definition) is 1. The van der Waals surface area contributed by atoms with E-state index in [0.717, 1.165) is 28.9 Å². The fourth-order valence-electron chi connectivity index (χ4n) is 2.45. The topological polar surface area (TPSA) is 34.1 Å². The molecule has 2 aromatic rings. The van der Waals surface area contributed by atoms with Crippen molar-refractivity contribution in [2.24, 2.45) is 5.92 Å². The monoisotopic (exact) mass is 288 g/mol. The number of thiazole rings is 1. The summed E-state index contributed by atoms with van der Waals surface area (Å²) in [6, 6.07) is 8.92. The fraction of sp³-hybridized carbons (Fsp3) is 0.438. The second kappa shape index (κ2) is 5.94. The summed E-state index contributed by atoms with van der Waals surface area (Å²) in [6.07, 6.45) is 2.62. The zero-order valence-corrected chi connectivity index (χ0v) is 12.7. The van der Waals surface area contributed by atoms with Crippen LogP contribution in [0.25, 0.3) is 11.3 Å². The van der Waals surface area contributed by atoms with E-state index < -0.39 is 0 Å². The van der Waals surface area contributed by atoms with Gasteiger partial charge in [0.1, 0.15) is 0 Å². The van der Waals surface area contributed by atoms with Gasteiger partial charge in [-0.1, -0.05) is 12.1 Å². The van der Waals surface area contributed by atoms with E-state index in [4.69, 9.17) is 4.74 Å². The number of aryl methyl sites for hydroxylation is 1. The molecule has 0 bridgehead atoms. The van der Waals surface area contributed by atoms with Crippen molar-refractivity contribution in [2.75, 3.05) is 19.0 Å². The summed E-state index contributed by atoms with van der Waals surface area (Å²) < 4.78 is 5.32. The summed E-state index contributed by atoms with van der Waals surface area (Å²) in [6.45, 7) is 2.81. The molecular weight excluding hydrogens is 268 g/mol. The van der Waals surface area contributed by atoms with E-state index in [0.29, 0.717) is 6.04 Å². The van der Waals surface area contributed by atoms with Gasteiger partial charge in [0.15, 0.2) is 0 Å². The Bertz CT molecular complexity index is 577. The van der Waals surface area contributed by atoms with E-state index in [9.17, 15) is 0 Å². The summed E-state index contributed by atoms with van der Waals surface area (Å²) >= 11 is 1.69. The Morgan fingerprint density at radius 1 is 1.45 bits per heavy atom. The minimum Gasteiger partial charge on any atom is -0.383 e. The molecule has 1 aromatic heterocycles. The van der Waals surface area contributed by atoms with E-state index in [2.05, 4.69) is 39.9 Å². The van der Waals surface area contributed by atoms with Gasteiger partial charge in [-0.15, -0.1) is 11.3 Å². The molecule has 0 amide bonds. The standard InChI is InChI=1S/C16H20N2OS/c1-11-17-16(10-20-11)13-4-3-5-14(8-13)18-15(9-19-2)12-6-7-12/h3-5,8,10,12,15,18H,6-7,9H2,1-2H3. The Kier molecular flexibility index (Phi) is 4.03. The zero-order valence-electron chi connectivity index (χ0n) is 11.9. The van der Waals surface area contributed by atoms with E-state index in [1.807, 2.05) is 6.92 Å². The fourth-order valence-corrected chi connectivity index (χ4v) is 3.07. The van der Waals surface area contributed by atoms with Crippen LogP contribution in [0.2, 0.25) is 0 Å². The second-order valence-electron chi connectivity index (χ2n) is 5.38. The van der Waals surface area contributed by atoms with Gasteiger partial charge in [-0.2, -0.15) is 0 Å². The number of methoxy groups -OCH3 is 1. The first kappa shape index (κ1) is 13.6. The maximum atomic E-state index is 5.32. The van der Waals surface area contributed by atoms with Crippen LogP contribution in [0.3, 0.4) is 0 Å². The predicted octanol–water partition coefficient (Wildman–Crippen LogP) is 3.96. The lowest BCUT2D eigenvalue weighted by atomic mass is 10.1. The molecule has 0 saturated heterocycles. The molecule has 1 heterocycles. The molecule has 3 rings (SSSR count). The molecule has 1 aliphatic carbocycles. The van der Waals surface area contributed by atoms with Crippen LogP contribution in [0.1, 0.15) is 17.8 Å². The van der Waals surface area contributed by atoms with Crippen molar-refractivity contribution in [3.8, 4) is 11.3 Å². The third-order valence-corrected chi connectivity index (χ3v) is 4.44. The van der Waals surface area contributed by atoms with Gasteiger partial charge in [0.25, 0.3) is 0 Å². The average Bonchev–Trinajstić information content (AvgIpc) is 3.21. The van der Waals surface area contributed by atoms with Gasteiger partial charge in [0.2, 0.25) is 0 Å². The van der Waals surface area contributed by atoms with Gasteiger partial charge >= 0.3 is 0 Å². The quantitative estimate of drug-likeness (QED) is 0.873. The van der Waals surface area contributed by atoms with Crippen LogP contribution in [0, 0.1) is 12.8 Å². The highest BCUT2D eigenvalue weighted by atomic mass is 32.1. The summed E-state index contributed by atoms with van der Waals surface area (Å²) in [5.74, 6) is 0.764. The smallest absolute Gasteiger partial charge is 0.0901 e. The molecular formula is C16H20N2OS. The molecule has 1 aliphatic rings. The molecule has 3 nitrogen and oxygen atoms in total. The Morgan fingerprint density at radius 3 is 2.95 bits per heavy atom. The van der Waals surface area contributed by atoms with Gasteiger partial charge in [-0.3, -0.25) is 0 Å². The number of rotatable bonds is 6. The van der Waals surface area contributed by atoms with Crippen molar-refractivity contribution >= 4 is 17.0 Å². The normalized spacial score (nSPS) is 16.1. The van der Waals surface area contributed by atoms with Crippen LogP contribution in [0.4, 0.5) is 5.69 Å². The highest BCUT2D eigenvalue weighted by Crippen LogP contribution is 2.35. The van der Waals surface area contributed by atoms with Crippen LogP contribution >= 0.6 is 11.3 Å². The number of aromatic nitrogens is 1. The van der Waals surface area contributed by atoms with Crippen LogP contribution in [0.15, 0.2) is 29.6 Å². The van der Waals surface area contributed by atoms with Crippen molar-refractivity contribution < 1.29 is 4.74 Å². The lowest BCUT2D eigenvalue weighted by Gasteiger charge is -2.19. The third kappa shape index (κ3) is 3.19. The lowest BCUT2D eigenvalue weighted by Crippen LogP contribution is -2.27. The van der Waals surface area contributed by atoms with E-state index >= 15 is 0 Å². The summed E-state index contributed by atoms with van der Waals surface area (Å²) in [5, 5.41) is 6.83. The largest absolute Gasteiger partial charge is 0.383 e. The van der Waals surface area contributed by atoms with E-state index in [1.165, 1.54) is 18.4 Å². The number of benzene rings is 1.